The van der Waals surface area contributed by atoms with Gasteiger partial charge in [0.05, 0.1) is 0 Å². The van der Waals surface area contributed by atoms with E-state index in [1.807, 2.05) is 13.0 Å². The van der Waals surface area contributed by atoms with Crippen molar-refractivity contribution in [3.63, 3.8) is 0 Å². The first-order chi connectivity index (χ1) is 7.28. The van der Waals surface area contributed by atoms with Crippen LogP contribution in [-0.2, 0) is 0 Å². The van der Waals surface area contributed by atoms with Crippen molar-refractivity contribution in [1.29, 1.82) is 0 Å². The Labute approximate surface area is 89.5 Å². The molecular weight excluding hydrogens is 190 g/mol. The van der Waals surface area contributed by atoms with Crippen LogP contribution in [0, 0.1) is 6.92 Å². The third-order valence-electron chi connectivity index (χ3n) is 2.69. The predicted molar refractivity (Wildman–Crippen MR) is 60.5 cm³/mol. The maximum Gasteiger partial charge on any atom is 0.239 e. The lowest BCUT2D eigenvalue weighted by Crippen LogP contribution is -2.18. The van der Waals surface area contributed by atoms with Crippen LogP contribution in [-0.4, -0.2) is 16.0 Å². The smallest absolute Gasteiger partial charge is 0.239 e. The average molecular weight is 207 g/mol. The van der Waals surface area contributed by atoms with Crippen LogP contribution in [0.5, 0.6) is 0 Å². The highest BCUT2D eigenvalue weighted by atomic mass is 15.3. The first-order valence-electron chi connectivity index (χ1n) is 5.37. The molecule has 0 saturated heterocycles. The Morgan fingerprint density at radius 2 is 2.07 bits per heavy atom. The number of aromatic nitrogens is 2. The van der Waals surface area contributed by atoms with Gasteiger partial charge in [0.25, 0.3) is 0 Å². The Kier molecular flexibility index (Phi) is 3.01. The highest BCUT2D eigenvalue weighted by Crippen LogP contribution is 2.21. The molecule has 1 aliphatic rings. The Bertz CT molecular complexity index is 333. The molecule has 0 spiro atoms. The molecule has 1 aromatic heterocycles. The number of nitrogen functional groups attached to an aromatic ring is 1. The van der Waals surface area contributed by atoms with Crippen LogP contribution in [0.1, 0.15) is 31.4 Å². The lowest BCUT2D eigenvalue weighted by molar-refractivity contribution is 0.749. The van der Waals surface area contributed by atoms with Crippen LogP contribution in [0.2, 0.25) is 0 Å². The summed E-state index contributed by atoms with van der Waals surface area (Å²) in [6.45, 7) is 1.93. The van der Waals surface area contributed by atoms with Crippen molar-refractivity contribution in [2.45, 2.75) is 38.6 Å². The summed E-state index contributed by atoms with van der Waals surface area (Å²) in [4.78, 5) is 8.40. The Hall–Kier alpha value is -1.36. The maximum absolute atomic E-state index is 5.29. The minimum absolute atomic E-state index is 0.468. The molecule has 0 bridgehead atoms. The molecular formula is C10H17N5. The van der Waals surface area contributed by atoms with Crippen molar-refractivity contribution in [3.05, 3.63) is 11.8 Å². The van der Waals surface area contributed by atoms with E-state index in [0.717, 1.165) is 11.5 Å². The molecule has 5 heteroatoms. The molecule has 0 unspecified atom stereocenters. The summed E-state index contributed by atoms with van der Waals surface area (Å²) < 4.78 is 0. The molecule has 0 atom stereocenters. The van der Waals surface area contributed by atoms with Crippen LogP contribution < -0.4 is 16.6 Å². The van der Waals surface area contributed by atoms with Crippen molar-refractivity contribution in [2.75, 3.05) is 10.7 Å². The predicted octanol–water partition coefficient (Wildman–Crippen LogP) is 1.43. The summed E-state index contributed by atoms with van der Waals surface area (Å²) in [7, 11) is 0. The van der Waals surface area contributed by atoms with E-state index in [9.17, 15) is 0 Å². The monoisotopic (exact) mass is 207 g/mol. The molecule has 1 saturated carbocycles. The first kappa shape index (κ1) is 10.2. The fraction of sp³-hybridized carbons (Fsp3) is 0.600. The average Bonchev–Trinajstić information content (AvgIpc) is 2.69. The summed E-state index contributed by atoms with van der Waals surface area (Å²) >= 11 is 0. The molecule has 15 heavy (non-hydrogen) atoms. The summed E-state index contributed by atoms with van der Waals surface area (Å²) in [5, 5.41) is 3.41. The van der Waals surface area contributed by atoms with E-state index < -0.39 is 0 Å². The molecule has 2 rings (SSSR count). The number of rotatable bonds is 3. The highest BCUT2D eigenvalue weighted by Gasteiger charge is 2.15. The lowest BCUT2D eigenvalue weighted by Gasteiger charge is -2.13. The zero-order chi connectivity index (χ0) is 10.7. The molecule has 0 amide bonds. The van der Waals surface area contributed by atoms with Gasteiger partial charge in [-0.1, -0.05) is 12.8 Å². The van der Waals surface area contributed by atoms with Crippen LogP contribution in [0.15, 0.2) is 6.07 Å². The maximum atomic E-state index is 5.29. The van der Waals surface area contributed by atoms with E-state index in [1.54, 1.807) is 0 Å². The minimum Gasteiger partial charge on any atom is -0.367 e. The molecule has 0 aromatic carbocycles. The van der Waals surface area contributed by atoms with E-state index in [2.05, 4.69) is 20.7 Å². The summed E-state index contributed by atoms with van der Waals surface area (Å²) in [6.07, 6.45) is 5.08. The molecule has 4 N–H and O–H groups in total. The Morgan fingerprint density at radius 1 is 1.33 bits per heavy atom. The third kappa shape index (κ3) is 2.56. The normalized spacial score (nSPS) is 16.7. The Morgan fingerprint density at radius 3 is 2.73 bits per heavy atom. The van der Waals surface area contributed by atoms with Gasteiger partial charge in [0.1, 0.15) is 5.82 Å². The highest BCUT2D eigenvalue weighted by molar-refractivity contribution is 5.42. The van der Waals surface area contributed by atoms with E-state index in [-0.39, 0.29) is 0 Å². The molecule has 1 heterocycles. The van der Waals surface area contributed by atoms with Crippen molar-refractivity contribution >= 4 is 11.8 Å². The molecule has 1 aromatic rings. The van der Waals surface area contributed by atoms with Crippen LogP contribution >= 0.6 is 0 Å². The van der Waals surface area contributed by atoms with Crippen molar-refractivity contribution in [2.24, 2.45) is 5.84 Å². The van der Waals surface area contributed by atoms with E-state index >= 15 is 0 Å². The fourth-order valence-corrected chi connectivity index (χ4v) is 1.99. The second-order valence-electron chi connectivity index (χ2n) is 3.99. The molecule has 0 radical (unpaired) electrons. The molecule has 82 valence electrons. The van der Waals surface area contributed by atoms with Gasteiger partial charge < -0.3 is 5.32 Å². The SMILES string of the molecule is Cc1cc(NC2CCCC2)nc(NN)n1. The van der Waals surface area contributed by atoms with Crippen LogP contribution in [0.3, 0.4) is 0 Å². The fourth-order valence-electron chi connectivity index (χ4n) is 1.99. The van der Waals surface area contributed by atoms with Crippen molar-refractivity contribution < 1.29 is 0 Å². The minimum atomic E-state index is 0.468. The number of aryl methyl sites for hydroxylation is 1. The second kappa shape index (κ2) is 4.44. The Balaban J connectivity index is 2.09. The standard InChI is InChI=1S/C10H17N5/c1-7-6-9(14-10(12-7)15-11)13-8-4-2-3-5-8/h6,8H,2-5,11H2,1H3,(H2,12,13,14,15). The summed E-state index contributed by atoms with van der Waals surface area (Å²) in [5.74, 6) is 6.62. The zero-order valence-corrected chi connectivity index (χ0v) is 8.95. The van der Waals surface area contributed by atoms with Crippen LogP contribution in [0.25, 0.3) is 0 Å². The third-order valence-corrected chi connectivity index (χ3v) is 2.69. The van der Waals surface area contributed by atoms with Crippen molar-refractivity contribution in [1.82, 2.24) is 9.97 Å². The number of hydrogen-bond donors (Lipinski definition) is 3. The van der Waals surface area contributed by atoms with Crippen molar-refractivity contribution in [3.8, 4) is 0 Å². The van der Waals surface area contributed by atoms with Crippen LogP contribution in [0.4, 0.5) is 11.8 Å². The molecule has 0 aliphatic heterocycles. The summed E-state index contributed by atoms with van der Waals surface area (Å²) in [6, 6.07) is 2.50. The van der Waals surface area contributed by atoms with E-state index in [1.165, 1.54) is 25.7 Å². The van der Waals surface area contributed by atoms with Gasteiger partial charge in [-0.2, -0.15) is 4.98 Å². The van der Waals surface area contributed by atoms with Gasteiger partial charge in [-0.15, -0.1) is 0 Å². The van der Waals surface area contributed by atoms with E-state index in [0.29, 0.717) is 12.0 Å². The largest absolute Gasteiger partial charge is 0.367 e. The first-order valence-corrected chi connectivity index (χ1v) is 5.37. The summed E-state index contributed by atoms with van der Waals surface area (Å²) in [5.41, 5.74) is 3.39. The molecule has 1 fully saturated rings. The van der Waals surface area contributed by atoms with Gasteiger partial charge in [-0.3, -0.25) is 5.43 Å². The number of anilines is 2. The lowest BCUT2D eigenvalue weighted by atomic mass is 10.2. The second-order valence-corrected chi connectivity index (χ2v) is 3.99. The van der Waals surface area contributed by atoms with Gasteiger partial charge in [-0.25, -0.2) is 10.8 Å². The number of nitrogens with zero attached hydrogens (tertiary/aromatic N) is 2. The van der Waals surface area contributed by atoms with Gasteiger partial charge in [0.2, 0.25) is 5.95 Å². The van der Waals surface area contributed by atoms with Gasteiger partial charge in [-0.05, 0) is 19.8 Å². The topological polar surface area (TPSA) is 75.9 Å². The number of hydrazine groups is 1. The number of hydrogen-bond acceptors (Lipinski definition) is 5. The van der Waals surface area contributed by atoms with Gasteiger partial charge in [0, 0.05) is 17.8 Å². The number of nitrogens with two attached hydrogens (primary N) is 1. The number of nitrogens with one attached hydrogen (secondary N) is 2. The zero-order valence-electron chi connectivity index (χ0n) is 8.95. The van der Waals surface area contributed by atoms with E-state index in [4.69, 9.17) is 5.84 Å². The molecule has 5 nitrogen and oxygen atoms in total. The van der Waals surface area contributed by atoms with Gasteiger partial charge in [0.15, 0.2) is 0 Å². The quantitative estimate of drug-likeness (QED) is 0.516. The van der Waals surface area contributed by atoms with Gasteiger partial charge >= 0.3 is 0 Å². The molecule has 1 aliphatic carbocycles.